The second-order valence-electron chi connectivity index (χ2n) is 14.5. The fraction of sp³-hybridized carbons (Fsp3) is 0.568. The molecule has 0 fully saturated rings. The number of carboxylic acid groups (broad SMARTS) is 1. The third kappa shape index (κ3) is 17.4. The molecule has 0 aliphatic carbocycles. The van der Waals surface area contributed by atoms with E-state index < -0.39 is 83.7 Å². The van der Waals surface area contributed by atoms with Crippen molar-refractivity contribution in [2.75, 3.05) is 29.8 Å². The Labute approximate surface area is 367 Å². The molecular formula is C37H57N13O8S3. The lowest BCUT2D eigenvalue weighted by Gasteiger charge is -2.27. The van der Waals surface area contributed by atoms with Gasteiger partial charge in [0.1, 0.15) is 36.3 Å². The third-order valence-corrected chi connectivity index (χ3v) is 10.8. The summed E-state index contributed by atoms with van der Waals surface area (Å²) in [6.45, 7) is 3.67. The van der Waals surface area contributed by atoms with E-state index in [1.165, 1.54) is 61.1 Å². The minimum Gasteiger partial charge on any atom is -0.480 e. The number of imidazole rings is 3. The number of nitrogens with one attached hydrogen (secondary N) is 9. The van der Waals surface area contributed by atoms with E-state index in [2.05, 4.69) is 74.4 Å². The first-order valence-electron chi connectivity index (χ1n) is 19.5. The highest BCUT2D eigenvalue weighted by molar-refractivity contribution is 7.98. The highest BCUT2D eigenvalue weighted by atomic mass is 32.2. The zero-order valence-electron chi connectivity index (χ0n) is 34.4. The van der Waals surface area contributed by atoms with E-state index in [-0.39, 0.29) is 43.8 Å². The second kappa shape index (κ2) is 26.3. The molecule has 0 spiro atoms. The molecular weight excluding hydrogens is 851 g/mol. The normalized spacial score (nSPS) is 14.7. The number of thiol groups is 1. The SMILES string of the molecule is CSCCC(N)C(=O)NC(CS)C(=O)NC(Cc1cnc[nH]1)C(=O)NC(Cc1cnc[nH]1)C(=O)NC(Cc1cnc[nH]1)C(=O)NC(CC(C)C)C(=O)NC(CCSC)C(=O)O. The smallest absolute Gasteiger partial charge is 0.326 e. The molecule has 3 heterocycles. The summed E-state index contributed by atoms with van der Waals surface area (Å²) >= 11 is 7.18. The Morgan fingerprint density at radius 2 is 0.967 bits per heavy atom. The monoisotopic (exact) mass is 907 g/mol. The van der Waals surface area contributed by atoms with Gasteiger partial charge < -0.3 is 57.7 Å². The number of aromatic nitrogens is 6. The molecule has 7 atom stereocenters. The molecule has 336 valence electrons. The molecule has 3 rings (SSSR count). The zero-order chi connectivity index (χ0) is 44.9. The van der Waals surface area contributed by atoms with E-state index in [0.29, 0.717) is 35.0 Å². The molecule has 0 radical (unpaired) electrons. The van der Waals surface area contributed by atoms with Gasteiger partial charge in [0.2, 0.25) is 35.4 Å². The molecule has 7 unspecified atom stereocenters. The Bertz CT molecular complexity index is 1830. The lowest BCUT2D eigenvalue weighted by molar-refractivity contribution is -0.142. The maximum atomic E-state index is 14.3. The number of hydrogen-bond acceptors (Lipinski definition) is 14. The lowest BCUT2D eigenvalue weighted by Crippen LogP contribution is -2.61. The summed E-state index contributed by atoms with van der Waals surface area (Å²) in [6.07, 6.45) is 12.6. The van der Waals surface area contributed by atoms with Crippen molar-refractivity contribution in [3.05, 3.63) is 54.7 Å². The number of carboxylic acids is 1. The zero-order valence-corrected chi connectivity index (χ0v) is 37.0. The van der Waals surface area contributed by atoms with E-state index >= 15 is 0 Å². The van der Waals surface area contributed by atoms with Crippen LogP contribution in [0.4, 0.5) is 0 Å². The fourth-order valence-electron chi connectivity index (χ4n) is 5.88. The van der Waals surface area contributed by atoms with Crippen LogP contribution >= 0.6 is 36.2 Å². The van der Waals surface area contributed by atoms with Crippen LogP contribution in [0.1, 0.15) is 50.2 Å². The first-order valence-corrected chi connectivity index (χ1v) is 22.9. The number of aromatic amines is 3. The summed E-state index contributed by atoms with van der Waals surface area (Å²) in [5.41, 5.74) is 7.38. The molecule has 0 bridgehead atoms. The number of H-pyrrole nitrogens is 3. The number of carbonyl (C=O) groups excluding carboxylic acids is 6. The number of thioether (sulfide) groups is 2. The minimum absolute atomic E-state index is 0.0966. The predicted molar refractivity (Wildman–Crippen MR) is 233 cm³/mol. The van der Waals surface area contributed by atoms with Crippen LogP contribution < -0.4 is 37.6 Å². The molecule has 21 nitrogen and oxygen atoms in total. The van der Waals surface area contributed by atoms with E-state index in [9.17, 15) is 38.7 Å². The van der Waals surface area contributed by atoms with Crippen molar-refractivity contribution in [2.45, 2.75) is 94.7 Å². The summed E-state index contributed by atoms with van der Waals surface area (Å²) < 4.78 is 0. The van der Waals surface area contributed by atoms with Gasteiger partial charge in [-0.1, -0.05) is 13.8 Å². The average Bonchev–Trinajstić information content (AvgIpc) is 4.05. The van der Waals surface area contributed by atoms with Crippen LogP contribution in [0.15, 0.2) is 37.6 Å². The fourth-order valence-corrected chi connectivity index (χ4v) is 7.10. The molecule has 12 N–H and O–H groups in total. The number of carbonyl (C=O) groups is 7. The first-order chi connectivity index (χ1) is 29.1. The topological polar surface area (TPSA) is 324 Å². The van der Waals surface area contributed by atoms with Crippen LogP contribution in [0.5, 0.6) is 0 Å². The van der Waals surface area contributed by atoms with Crippen LogP contribution in [-0.4, -0.2) is 148 Å². The maximum Gasteiger partial charge on any atom is 0.326 e. The van der Waals surface area contributed by atoms with Crippen LogP contribution in [-0.2, 0) is 52.8 Å². The Kier molecular flexibility index (Phi) is 21.7. The van der Waals surface area contributed by atoms with Crippen molar-refractivity contribution in [3.8, 4) is 0 Å². The number of hydrogen-bond donors (Lipinski definition) is 12. The number of nitrogens with two attached hydrogens (primary N) is 1. The van der Waals surface area contributed by atoms with Gasteiger partial charge in [-0.3, -0.25) is 28.8 Å². The van der Waals surface area contributed by atoms with Gasteiger partial charge >= 0.3 is 5.97 Å². The highest BCUT2D eigenvalue weighted by Crippen LogP contribution is 2.11. The van der Waals surface area contributed by atoms with E-state index in [1.807, 2.05) is 26.4 Å². The minimum atomic E-state index is -1.36. The quantitative estimate of drug-likeness (QED) is 0.0377. The Morgan fingerprint density at radius 3 is 1.33 bits per heavy atom. The molecule has 0 aliphatic heterocycles. The third-order valence-electron chi connectivity index (χ3n) is 9.19. The molecule has 3 aromatic rings. The van der Waals surface area contributed by atoms with Gasteiger partial charge in [0.25, 0.3) is 0 Å². The number of aliphatic carboxylic acids is 1. The van der Waals surface area contributed by atoms with E-state index in [4.69, 9.17) is 5.73 Å². The number of amides is 6. The molecule has 6 amide bonds. The van der Waals surface area contributed by atoms with Crippen molar-refractivity contribution in [3.63, 3.8) is 0 Å². The summed E-state index contributed by atoms with van der Waals surface area (Å²) in [5.74, 6) is -4.67. The number of rotatable bonds is 28. The van der Waals surface area contributed by atoms with Gasteiger partial charge in [0.05, 0.1) is 25.0 Å². The lowest BCUT2D eigenvalue weighted by atomic mass is 10.0. The molecule has 0 aromatic carbocycles. The Balaban J connectivity index is 1.89. The molecule has 24 heteroatoms. The molecule has 3 aromatic heterocycles. The largest absolute Gasteiger partial charge is 0.480 e. The average molecular weight is 908 g/mol. The van der Waals surface area contributed by atoms with Crippen molar-refractivity contribution in [2.24, 2.45) is 11.7 Å². The first kappa shape index (κ1) is 50.3. The van der Waals surface area contributed by atoms with Crippen LogP contribution in [0.3, 0.4) is 0 Å². The van der Waals surface area contributed by atoms with Crippen molar-refractivity contribution in [1.29, 1.82) is 0 Å². The van der Waals surface area contributed by atoms with Crippen LogP contribution in [0, 0.1) is 5.92 Å². The molecule has 61 heavy (non-hydrogen) atoms. The summed E-state index contributed by atoms with van der Waals surface area (Å²) in [6, 6.07) is -8.37. The summed E-state index contributed by atoms with van der Waals surface area (Å²) in [4.78, 5) is 115. The predicted octanol–water partition coefficient (Wildman–Crippen LogP) is -1.31. The van der Waals surface area contributed by atoms with Gasteiger partial charge in [0, 0.05) is 60.7 Å². The van der Waals surface area contributed by atoms with Gasteiger partial charge in [-0.15, -0.1) is 0 Å². The maximum absolute atomic E-state index is 14.3. The molecule has 0 aliphatic rings. The summed E-state index contributed by atoms with van der Waals surface area (Å²) in [7, 11) is 0. The van der Waals surface area contributed by atoms with Gasteiger partial charge in [-0.2, -0.15) is 36.2 Å². The Hall–Kier alpha value is -5.07. The number of nitrogens with zero attached hydrogens (tertiary/aromatic N) is 3. The van der Waals surface area contributed by atoms with E-state index in [1.54, 1.807) is 0 Å². The van der Waals surface area contributed by atoms with Crippen molar-refractivity contribution in [1.82, 2.24) is 61.8 Å². The van der Waals surface area contributed by atoms with Crippen molar-refractivity contribution >= 4 is 77.6 Å². The van der Waals surface area contributed by atoms with Gasteiger partial charge in [-0.25, -0.2) is 19.7 Å². The summed E-state index contributed by atoms with van der Waals surface area (Å²) in [5, 5.41) is 25.6. The van der Waals surface area contributed by atoms with Gasteiger partial charge in [-0.05, 0) is 49.2 Å². The van der Waals surface area contributed by atoms with Crippen LogP contribution in [0.25, 0.3) is 0 Å². The molecule has 0 saturated carbocycles. The Morgan fingerprint density at radius 1 is 0.607 bits per heavy atom. The van der Waals surface area contributed by atoms with Crippen molar-refractivity contribution < 1.29 is 38.7 Å². The standard InChI is InChI=1S/C37H57N13O8S3/c1-20(2)9-26(32(52)45-25(37(57)58)6-8-61-4)46-33(53)27(10-21-13-39-17-42-21)47-34(54)28(11-22-14-40-18-43-22)48-35(55)29(12-23-15-41-19-44-23)49-36(56)30(16-59)50-31(51)24(38)5-7-60-3/h13-15,17-20,24-30,59H,5-12,16,38H2,1-4H3,(H,39,42)(H,40,43)(H,41,44)(H,45,52)(H,46,53)(H,47,54)(H,48,55)(H,49,56)(H,50,51)(H,57,58). The highest BCUT2D eigenvalue weighted by Gasteiger charge is 2.34. The van der Waals surface area contributed by atoms with Crippen LogP contribution in [0.2, 0.25) is 0 Å². The van der Waals surface area contributed by atoms with E-state index in [0.717, 1.165) is 0 Å². The molecule has 0 saturated heterocycles. The second-order valence-corrected chi connectivity index (χ2v) is 16.9. The van der Waals surface area contributed by atoms with Gasteiger partial charge in [0.15, 0.2) is 0 Å².